The van der Waals surface area contributed by atoms with Crippen molar-refractivity contribution in [3.8, 4) is 0 Å². The van der Waals surface area contributed by atoms with Crippen LogP contribution in [0.3, 0.4) is 0 Å². The molecule has 0 radical (unpaired) electrons. The van der Waals surface area contributed by atoms with Gasteiger partial charge in [0.05, 0.1) is 11.8 Å². The number of aromatic amines is 1. The predicted molar refractivity (Wildman–Crippen MR) is 39.5 cm³/mol. The fourth-order valence-corrected chi connectivity index (χ4v) is 1.04. The van der Waals surface area contributed by atoms with E-state index >= 15 is 0 Å². The van der Waals surface area contributed by atoms with Crippen LogP contribution < -0.4 is 0 Å². The van der Waals surface area contributed by atoms with Crippen LogP contribution >= 0.6 is 0 Å². The van der Waals surface area contributed by atoms with Gasteiger partial charge in [0.15, 0.2) is 0 Å². The quantitative estimate of drug-likeness (QED) is 0.867. The minimum atomic E-state index is -6.13. The molecule has 1 aromatic heterocycles. The van der Waals surface area contributed by atoms with Crippen LogP contribution in [0.2, 0.25) is 0 Å². The summed E-state index contributed by atoms with van der Waals surface area (Å²) in [7, 11) is 0. The van der Waals surface area contributed by atoms with Crippen LogP contribution in [0, 0.1) is 0 Å². The Morgan fingerprint density at radius 1 is 1.05 bits per heavy atom. The van der Waals surface area contributed by atoms with Gasteiger partial charge in [0, 0.05) is 0 Å². The fourth-order valence-electron chi connectivity index (χ4n) is 1.04. The van der Waals surface area contributed by atoms with E-state index in [9.17, 15) is 39.5 Å². The highest BCUT2D eigenvalue weighted by molar-refractivity contribution is 5.23. The number of ether oxygens (including phenoxy) is 1. The average Bonchev–Trinajstić information content (AvgIpc) is 2.60. The van der Waals surface area contributed by atoms with Gasteiger partial charge in [0.25, 0.3) is 0 Å². The first kappa shape index (κ1) is 15.6. The number of hydrogen-bond acceptors (Lipinski definition) is 2. The summed E-state index contributed by atoms with van der Waals surface area (Å²) in [5.74, 6) is -5.60. The lowest BCUT2D eigenvalue weighted by molar-refractivity contribution is -0.363. The van der Waals surface area contributed by atoms with Gasteiger partial charge in [-0.2, -0.15) is 27.1 Å². The number of nitrogens with zero attached hydrogens (tertiary/aromatic N) is 1. The van der Waals surface area contributed by atoms with E-state index in [4.69, 9.17) is 0 Å². The maximum atomic E-state index is 12.9. The number of halogens is 9. The molecule has 3 nitrogen and oxygen atoms in total. The Bertz CT molecular complexity index is 435. The predicted octanol–water partition coefficient (Wildman–Crippen LogP) is 3.57. The zero-order valence-electron chi connectivity index (χ0n) is 8.41. The molecule has 0 aliphatic rings. The largest absolute Gasteiger partial charge is 0.525 e. The minimum Gasteiger partial charge on any atom is -0.276 e. The summed E-state index contributed by atoms with van der Waals surface area (Å²) < 4.78 is 112. The molecule has 1 rings (SSSR count). The molecule has 19 heavy (non-hydrogen) atoms. The number of alkyl halides is 9. The van der Waals surface area contributed by atoms with Gasteiger partial charge in [-0.25, -0.2) is 4.39 Å². The third-order valence-corrected chi connectivity index (χ3v) is 1.82. The zero-order valence-corrected chi connectivity index (χ0v) is 8.41. The number of H-pyrrole nitrogens is 1. The number of nitrogens with one attached hydrogen (secondary N) is 1. The highest BCUT2D eigenvalue weighted by atomic mass is 19.4. The smallest absolute Gasteiger partial charge is 0.276 e. The molecule has 110 valence electrons. The molecule has 1 heterocycles. The first-order valence-electron chi connectivity index (χ1n) is 4.23. The maximum Gasteiger partial charge on any atom is 0.525 e. The molecule has 0 amide bonds. The highest BCUT2D eigenvalue weighted by Crippen LogP contribution is 2.46. The summed E-state index contributed by atoms with van der Waals surface area (Å²) >= 11 is 0. The Balaban J connectivity index is 3.12. The van der Waals surface area contributed by atoms with Crippen molar-refractivity contribution in [3.05, 3.63) is 17.5 Å². The van der Waals surface area contributed by atoms with Crippen LogP contribution in [0.1, 0.15) is 17.6 Å². The lowest BCUT2D eigenvalue weighted by Gasteiger charge is -2.20. The van der Waals surface area contributed by atoms with Crippen molar-refractivity contribution in [2.75, 3.05) is 0 Å². The van der Waals surface area contributed by atoms with E-state index < -0.39 is 36.1 Å². The van der Waals surface area contributed by atoms with Crippen molar-refractivity contribution in [2.24, 2.45) is 0 Å². The third kappa shape index (κ3) is 3.30. The molecule has 12 heteroatoms. The first-order valence-corrected chi connectivity index (χ1v) is 4.23. The second-order valence-electron chi connectivity index (χ2n) is 3.15. The molecule has 1 aromatic rings. The van der Waals surface area contributed by atoms with Crippen molar-refractivity contribution in [1.82, 2.24) is 10.2 Å². The summed E-state index contributed by atoms with van der Waals surface area (Å²) in [6, 6.07) is 0. The topological polar surface area (TPSA) is 37.9 Å². The normalized spacial score (nSPS) is 15.6. The second-order valence-corrected chi connectivity index (χ2v) is 3.15. The summed E-state index contributed by atoms with van der Waals surface area (Å²) in [4.78, 5) is 0. The van der Waals surface area contributed by atoms with E-state index in [1.807, 2.05) is 0 Å². The summed E-state index contributed by atoms with van der Waals surface area (Å²) in [5.41, 5.74) is -3.85. The minimum absolute atomic E-state index is 0.0470. The molecule has 0 saturated heterocycles. The van der Waals surface area contributed by atoms with E-state index in [0.717, 1.165) is 5.10 Å². The van der Waals surface area contributed by atoms with E-state index in [1.165, 1.54) is 0 Å². The van der Waals surface area contributed by atoms with E-state index in [2.05, 4.69) is 9.84 Å². The molecular weight excluding hydrogens is 299 g/mol. The van der Waals surface area contributed by atoms with Crippen LogP contribution in [0.5, 0.6) is 0 Å². The van der Waals surface area contributed by atoms with Gasteiger partial charge in [0.1, 0.15) is 5.69 Å². The Morgan fingerprint density at radius 3 is 2.00 bits per heavy atom. The van der Waals surface area contributed by atoms with Crippen molar-refractivity contribution in [2.45, 2.75) is 24.8 Å². The van der Waals surface area contributed by atoms with Crippen LogP contribution in [0.4, 0.5) is 39.5 Å². The summed E-state index contributed by atoms with van der Waals surface area (Å²) in [6.45, 7) is 0. The second kappa shape index (κ2) is 4.58. The number of rotatable bonds is 3. The average molecular weight is 302 g/mol. The van der Waals surface area contributed by atoms with E-state index in [0.29, 0.717) is 0 Å². The maximum absolute atomic E-state index is 12.9. The molecule has 1 N–H and O–H groups in total. The molecule has 0 aliphatic carbocycles. The van der Waals surface area contributed by atoms with Crippen molar-refractivity contribution in [1.29, 1.82) is 0 Å². The molecule has 0 saturated carbocycles. The SMILES string of the molecule is FC(OC(F)(F)F)c1cn[nH]c1C(F)(F)C(F)(F)F. The van der Waals surface area contributed by atoms with Gasteiger partial charge < -0.3 is 0 Å². The van der Waals surface area contributed by atoms with Gasteiger partial charge in [-0.15, -0.1) is 13.2 Å². The van der Waals surface area contributed by atoms with E-state index in [-0.39, 0.29) is 6.20 Å². The zero-order chi connectivity index (χ0) is 15.1. The standard InChI is InChI=1S/C7H3F9N2O/c8-4(19-7(14,15)16)2-1-17-18-3(2)5(9,10)6(11,12)13/h1,4H,(H,17,18). The number of aromatic nitrogens is 2. The van der Waals surface area contributed by atoms with Crippen molar-refractivity contribution < 1.29 is 44.3 Å². The molecule has 0 aliphatic heterocycles. The van der Waals surface area contributed by atoms with Crippen LogP contribution in [-0.4, -0.2) is 22.7 Å². The van der Waals surface area contributed by atoms with Gasteiger partial charge in [0.2, 0.25) is 6.36 Å². The van der Waals surface area contributed by atoms with Crippen LogP contribution in [0.25, 0.3) is 0 Å². The van der Waals surface area contributed by atoms with Gasteiger partial charge in [-0.3, -0.25) is 9.84 Å². The fraction of sp³-hybridized carbons (Fsp3) is 0.571. The molecule has 0 fully saturated rings. The summed E-state index contributed by atoms with van der Waals surface area (Å²) in [6.07, 6.45) is -15.2. The molecule has 0 bridgehead atoms. The van der Waals surface area contributed by atoms with Crippen LogP contribution in [-0.2, 0) is 10.7 Å². The number of hydrogen-bond donors (Lipinski definition) is 1. The Kier molecular flexibility index (Phi) is 3.76. The Morgan fingerprint density at radius 2 is 1.58 bits per heavy atom. The molecule has 0 aromatic carbocycles. The van der Waals surface area contributed by atoms with Crippen molar-refractivity contribution in [3.63, 3.8) is 0 Å². The summed E-state index contributed by atoms with van der Waals surface area (Å²) in [5, 5.41) is 3.77. The highest BCUT2D eigenvalue weighted by Gasteiger charge is 2.61. The van der Waals surface area contributed by atoms with Gasteiger partial charge in [-0.1, -0.05) is 0 Å². The lowest BCUT2D eigenvalue weighted by atomic mass is 10.1. The Hall–Kier alpha value is -1.46. The third-order valence-electron chi connectivity index (χ3n) is 1.82. The molecule has 0 spiro atoms. The van der Waals surface area contributed by atoms with Crippen LogP contribution in [0.15, 0.2) is 6.20 Å². The van der Waals surface area contributed by atoms with Crippen molar-refractivity contribution >= 4 is 0 Å². The Labute approximate surface area is 97.9 Å². The molecule has 1 unspecified atom stereocenters. The first-order chi connectivity index (χ1) is 8.36. The molecule has 1 atom stereocenters. The van der Waals surface area contributed by atoms with Gasteiger partial charge >= 0.3 is 18.5 Å². The lowest BCUT2D eigenvalue weighted by Crippen LogP contribution is -2.35. The van der Waals surface area contributed by atoms with Gasteiger partial charge in [-0.05, 0) is 0 Å². The van der Waals surface area contributed by atoms with E-state index in [1.54, 1.807) is 0 Å². The monoisotopic (exact) mass is 302 g/mol. The molecular formula is C7H3F9N2O.